The van der Waals surface area contributed by atoms with Crippen LogP contribution in [-0.4, -0.2) is 25.6 Å². The predicted molar refractivity (Wildman–Crippen MR) is 93.1 cm³/mol. The van der Waals surface area contributed by atoms with Gasteiger partial charge in [-0.05, 0) is 37.3 Å². The van der Waals surface area contributed by atoms with Crippen LogP contribution in [0, 0.1) is 5.92 Å². The Morgan fingerprint density at radius 3 is 2.46 bits per heavy atom. The fourth-order valence-electron chi connectivity index (χ4n) is 3.26. The van der Waals surface area contributed by atoms with Gasteiger partial charge in [-0.1, -0.05) is 38.0 Å². The second-order valence-corrected chi connectivity index (χ2v) is 9.30. The van der Waals surface area contributed by atoms with Gasteiger partial charge in [0.05, 0.1) is 11.3 Å². The van der Waals surface area contributed by atoms with Crippen molar-refractivity contribution in [3.8, 4) is 0 Å². The van der Waals surface area contributed by atoms with Crippen molar-refractivity contribution in [1.29, 1.82) is 0 Å². The van der Waals surface area contributed by atoms with Gasteiger partial charge in [-0.2, -0.15) is 13.2 Å². The quantitative estimate of drug-likeness (QED) is 0.832. The number of alkyl halides is 3. The van der Waals surface area contributed by atoms with Gasteiger partial charge in [0.25, 0.3) is 0 Å². The third-order valence-electron chi connectivity index (χ3n) is 5.03. The molecule has 1 fully saturated rings. The second kappa shape index (κ2) is 7.98. The zero-order valence-corrected chi connectivity index (χ0v) is 15.7. The summed E-state index contributed by atoms with van der Waals surface area (Å²) in [7, 11) is -4.08. The summed E-state index contributed by atoms with van der Waals surface area (Å²) in [5.41, 5.74) is -1.33. The normalized spacial score (nSPS) is 22.7. The number of nitrogens with one attached hydrogen (secondary N) is 1. The molecule has 0 saturated heterocycles. The van der Waals surface area contributed by atoms with Gasteiger partial charge >= 0.3 is 6.18 Å². The predicted octanol–water partition coefficient (Wildman–Crippen LogP) is 3.70. The number of hydrogen-bond acceptors (Lipinski definition) is 3. The summed E-state index contributed by atoms with van der Waals surface area (Å²) in [6.45, 7) is 3.23. The molecule has 0 aliphatic heterocycles. The van der Waals surface area contributed by atoms with E-state index in [4.69, 9.17) is 0 Å². The van der Waals surface area contributed by atoms with E-state index in [0.717, 1.165) is 37.8 Å². The summed E-state index contributed by atoms with van der Waals surface area (Å²) in [6, 6.07) is 4.46. The lowest BCUT2D eigenvalue weighted by atomic mass is 9.86. The molecule has 1 aromatic carbocycles. The van der Waals surface area contributed by atoms with E-state index in [1.165, 1.54) is 19.1 Å². The van der Waals surface area contributed by atoms with Gasteiger partial charge in [-0.25, -0.2) is 8.42 Å². The maximum Gasteiger partial charge on any atom is 0.416 e. The SMILES string of the molecule is C[C@@H]1CCCC[C@H]1NC(=O)[C@H](C)S(=O)(=O)Cc1ccccc1C(F)(F)F. The molecule has 0 unspecified atom stereocenters. The number of carbonyl (C=O) groups is 1. The zero-order chi connectivity index (χ0) is 19.5. The zero-order valence-electron chi connectivity index (χ0n) is 14.8. The number of amides is 1. The molecule has 0 bridgehead atoms. The molecule has 0 spiro atoms. The average Bonchev–Trinajstić information content (AvgIpc) is 2.55. The first kappa shape index (κ1) is 20.7. The highest BCUT2D eigenvalue weighted by atomic mass is 32.2. The summed E-state index contributed by atoms with van der Waals surface area (Å²) < 4.78 is 64.2. The summed E-state index contributed by atoms with van der Waals surface area (Å²) in [4.78, 5) is 12.4. The number of hydrogen-bond donors (Lipinski definition) is 1. The summed E-state index contributed by atoms with van der Waals surface area (Å²) >= 11 is 0. The molecule has 1 aromatic rings. The lowest BCUT2D eigenvalue weighted by molar-refractivity contribution is -0.138. The molecular formula is C18H24F3NO3S. The molecule has 1 saturated carbocycles. The van der Waals surface area contributed by atoms with Crippen molar-refractivity contribution >= 4 is 15.7 Å². The standard InChI is InChI=1S/C18H24F3NO3S/c1-12-7-3-6-10-16(12)22-17(23)13(2)26(24,25)11-14-8-4-5-9-15(14)18(19,20)21/h4-5,8-9,12-13,16H,3,6-7,10-11H2,1-2H3,(H,22,23)/t12-,13+,16-/m1/s1. The Balaban J connectivity index is 2.13. The van der Waals surface area contributed by atoms with E-state index in [-0.39, 0.29) is 17.5 Å². The van der Waals surface area contributed by atoms with Gasteiger partial charge in [0.15, 0.2) is 9.84 Å². The van der Waals surface area contributed by atoms with E-state index in [2.05, 4.69) is 5.32 Å². The van der Waals surface area contributed by atoms with Crippen LogP contribution < -0.4 is 5.32 Å². The van der Waals surface area contributed by atoms with Gasteiger partial charge in [0, 0.05) is 6.04 Å². The molecule has 0 heterocycles. The van der Waals surface area contributed by atoms with Crippen LogP contribution in [0.2, 0.25) is 0 Å². The van der Waals surface area contributed by atoms with E-state index < -0.39 is 38.5 Å². The number of sulfone groups is 1. The summed E-state index contributed by atoms with van der Waals surface area (Å²) in [5, 5.41) is 1.36. The average molecular weight is 391 g/mol. The van der Waals surface area contributed by atoms with Crippen molar-refractivity contribution < 1.29 is 26.4 Å². The van der Waals surface area contributed by atoms with E-state index in [1.54, 1.807) is 0 Å². The van der Waals surface area contributed by atoms with Crippen molar-refractivity contribution in [3.05, 3.63) is 35.4 Å². The van der Waals surface area contributed by atoms with Crippen LogP contribution in [0.1, 0.15) is 50.7 Å². The number of carbonyl (C=O) groups excluding carboxylic acids is 1. The van der Waals surface area contributed by atoms with Crippen molar-refractivity contribution in [2.45, 2.75) is 62.8 Å². The number of rotatable bonds is 5. The monoisotopic (exact) mass is 391 g/mol. The fourth-order valence-corrected chi connectivity index (χ4v) is 4.59. The molecule has 3 atom stereocenters. The minimum Gasteiger partial charge on any atom is -0.352 e. The molecule has 4 nitrogen and oxygen atoms in total. The highest BCUT2D eigenvalue weighted by Crippen LogP contribution is 2.33. The molecule has 2 rings (SSSR count). The van der Waals surface area contributed by atoms with Crippen molar-refractivity contribution in [2.24, 2.45) is 5.92 Å². The van der Waals surface area contributed by atoms with E-state index >= 15 is 0 Å². The van der Waals surface area contributed by atoms with Crippen molar-refractivity contribution in [3.63, 3.8) is 0 Å². The molecule has 0 radical (unpaired) electrons. The molecule has 1 amide bonds. The highest BCUT2D eigenvalue weighted by Gasteiger charge is 2.36. The Morgan fingerprint density at radius 2 is 1.85 bits per heavy atom. The minimum absolute atomic E-state index is 0.0867. The first-order valence-corrected chi connectivity index (χ1v) is 10.4. The van der Waals surface area contributed by atoms with Gasteiger partial charge in [0.2, 0.25) is 5.91 Å². The molecular weight excluding hydrogens is 367 g/mol. The molecule has 1 aliphatic rings. The molecule has 8 heteroatoms. The Bertz CT molecular complexity index is 746. The van der Waals surface area contributed by atoms with Gasteiger partial charge in [0.1, 0.15) is 5.25 Å². The lowest BCUT2D eigenvalue weighted by Crippen LogP contribution is -2.47. The smallest absolute Gasteiger partial charge is 0.352 e. The van der Waals surface area contributed by atoms with Crippen LogP contribution in [0.4, 0.5) is 13.2 Å². The topological polar surface area (TPSA) is 63.2 Å². The summed E-state index contributed by atoms with van der Waals surface area (Å²) in [5.74, 6) is -1.21. The first-order chi connectivity index (χ1) is 12.0. The van der Waals surface area contributed by atoms with Crippen LogP contribution in [-0.2, 0) is 26.6 Å². The van der Waals surface area contributed by atoms with Gasteiger partial charge in [-0.3, -0.25) is 4.79 Å². The first-order valence-electron chi connectivity index (χ1n) is 8.69. The van der Waals surface area contributed by atoms with Crippen LogP contribution >= 0.6 is 0 Å². The fraction of sp³-hybridized carbons (Fsp3) is 0.611. The number of halogens is 3. The highest BCUT2D eigenvalue weighted by molar-refractivity contribution is 7.92. The lowest BCUT2D eigenvalue weighted by Gasteiger charge is -2.30. The molecule has 0 aromatic heterocycles. The van der Waals surface area contributed by atoms with E-state index in [1.807, 2.05) is 6.92 Å². The second-order valence-electron chi connectivity index (χ2n) is 6.98. The number of benzene rings is 1. The molecule has 26 heavy (non-hydrogen) atoms. The van der Waals surface area contributed by atoms with Crippen LogP contribution in [0.25, 0.3) is 0 Å². The Labute approximate surface area is 152 Å². The van der Waals surface area contributed by atoms with Crippen LogP contribution in [0.3, 0.4) is 0 Å². The van der Waals surface area contributed by atoms with Crippen molar-refractivity contribution in [2.75, 3.05) is 0 Å². The Hall–Kier alpha value is -1.57. The third kappa shape index (κ3) is 4.99. The largest absolute Gasteiger partial charge is 0.416 e. The van der Waals surface area contributed by atoms with E-state index in [0.29, 0.717) is 0 Å². The third-order valence-corrected chi connectivity index (χ3v) is 7.03. The maximum atomic E-state index is 13.1. The van der Waals surface area contributed by atoms with E-state index in [9.17, 15) is 26.4 Å². The van der Waals surface area contributed by atoms with Gasteiger partial charge in [-0.15, -0.1) is 0 Å². The molecule has 1 N–H and O–H groups in total. The van der Waals surface area contributed by atoms with Crippen LogP contribution in [0.15, 0.2) is 24.3 Å². The molecule has 1 aliphatic carbocycles. The van der Waals surface area contributed by atoms with Crippen LogP contribution in [0.5, 0.6) is 0 Å². The molecule has 146 valence electrons. The maximum absolute atomic E-state index is 13.1. The minimum atomic E-state index is -4.64. The Kier molecular flexibility index (Phi) is 6.37. The van der Waals surface area contributed by atoms with Gasteiger partial charge < -0.3 is 5.32 Å². The summed E-state index contributed by atoms with van der Waals surface area (Å²) in [6.07, 6.45) is -0.845. The van der Waals surface area contributed by atoms with Crippen molar-refractivity contribution in [1.82, 2.24) is 5.32 Å². The Morgan fingerprint density at radius 1 is 1.23 bits per heavy atom.